The maximum Gasteiger partial charge on any atom is 0.309 e. The fourth-order valence-electron chi connectivity index (χ4n) is 1.78. The quantitative estimate of drug-likeness (QED) is 0.787. The third-order valence-corrected chi connectivity index (χ3v) is 3.48. The Hall–Kier alpha value is -0.980. The maximum absolute atomic E-state index is 10.7. The van der Waals surface area contributed by atoms with Crippen LogP contribution < -0.4 is 5.32 Å². The number of carboxylic acids is 1. The molecule has 0 saturated carbocycles. The number of piperazine rings is 1. The van der Waals surface area contributed by atoms with E-state index in [1.54, 1.807) is 16.8 Å². The molecule has 1 fully saturated rings. The lowest BCUT2D eigenvalue weighted by Crippen LogP contribution is -2.42. The average Bonchev–Trinajstić information content (AvgIpc) is 2.66. The summed E-state index contributed by atoms with van der Waals surface area (Å²) in [6.07, 6.45) is 0.0327. The molecule has 16 heavy (non-hydrogen) atoms. The maximum atomic E-state index is 10.7. The molecule has 1 saturated heterocycles. The Morgan fingerprint density at radius 1 is 1.56 bits per heavy atom. The van der Waals surface area contributed by atoms with Crippen molar-refractivity contribution in [2.24, 2.45) is 0 Å². The summed E-state index contributed by atoms with van der Waals surface area (Å²) < 4.78 is 0. The van der Waals surface area contributed by atoms with Crippen molar-refractivity contribution in [3.05, 3.63) is 16.1 Å². The zero-order chi connectivity index (χ0) is 11.4. The predicted molar refractivity (Wildman–Crippen MR) is 61.6 cm³/mol. The highest BCUT2D eigenvalue weighted by atomic mass is 32.1. The fourth-order valence-corrected chi connectivity index (χ4v) is 2.61. The third-order valence-electron chi connectivity index (χ3n) is 2.62. The molecule has 6 heteroatoms. The number of nitrogens with zero attached hydrogens (tertiary/aromatic N) is 2. The Morgan fingerprint density at radius 3 is 3.00 bits per heavy atom. The lowest BCUT2D eigenvalue weighted by Gasteiger charge is -2.26. The SMILES string of the molecule is O=C(O)Cc1ncsc1CN1CCNCC1. The van der Waals surface area contributed by atoms with Crippen molar-refractivity contribution in [3.8, 4) is 0 Å². The van der Waals surface area contributed by atoms with Crippen LogP contribution in [0, 0.1) is 0 Å². The Morgan fingerprint density at radius 2 is 2.31 bits per heavy atom. The average molecular weight is 241 g/mol. The van der Waals surface area contributed by atoms with Crippen molar-refractivity contribution < 1.29 is 9.90 Å². The van der Waals surface area contributed by atoms with Gasteiger partial charge in [-0.1, -0.05) is 0 Å². The van der Waals surface area contributed by atoms with Gasteiger partial charge in [0.1, 0.15) is 0 Å². The molecule has 0 spiro atoms. The lowest BCUT2D eigenvalue weighted by molar-refractivity contribution is -0.136. The lowest BCUT2D eigenvalue weighted by atomic mass is 10.2. The minimum absolute atomic E-state index is 0.0327. The molecule has 0 bridgehead atoms. The van der Waals surface area contributed by atoms with E-state index in [4.69, 9.17) is 5.11 Å². The molecule has 1 aliphatic heterocycles. The monoisotopic (exact) mass is 241 g/mol. The van der Waals surface area contributed by atoms with Gasteiger partial charge in [-0.25, -0.2) is 4.98 Å². The Balaban J connectivity index is 1.97. The molecular formula is C10H15N3O2S. The van der Waals surface area contributed by atoms with Crippen LogP contribution in [0.2, 0.25) is 0 Å². The molecule has 0 unspecified atom stereocenters. The number of rotatable bonds is 4. The second-order valence-corrected chi connectivity index (χ2v) is 4.76. The Kier molecular flexibility index (Phi) is 3.87. The zero-order valence-corrected chi connectivity index (χ0v) is 9.79. The van der Waals surface area contributed by atoms with Gasteiger partial charge in [0.05, 0.1) is 17.6 Å². The first-order valence-electron chi connectivity index (χ1n) is 5.32. The van der Waals surface area contributed by atoms with Gasteiger partial charge in [0.2, 0.25) is 0 Å². The second-order valence-electron chi connectivity index (χ2n) is 3.82. The predicted octanol–water partition coefficient (Wildman–Crippen LogP) is 0.175. The Bertz CT molecular complexity index is 361. The Labute approximate surface area is 98.1 Å². The van der Waals surface area contributed by atoms with Gasteiger partial charge in [0.25, 0.3) is 0 Å². The van der Waals surface area contributed by atoms with E-state index in [2.05, 4.69) is 15.2 Å². The topological polar surface area (TPSA) is 65.5 Å². The molecule has 1 aliphatic rings. The number of thiazole rings is 1. The van der Waals surface area contributed by atoms with Gasteiger partial charge in [-0.2, -0.15) is 0 Å². The molecule has 0 amide bonds. The zero-order valence-electron chi connectivity index (χ0n) is 8.98. The van der Waals surface area contributed by atoms with Crippen molar-refractivity contribution in [3.63, 3.8) is 0 Å². The summed E-state index contributed by atoms with van der Waals surface area (Å²) in [6.45, 7) is 4.88. The first-order valence-corrected chi connectivity index (χ1v) is 6.20. The van der Waals surface area contributed by atoms with E-state index in [1.165, 1.54) is 0 Å². The molecular weight excluding hydrogens is 226 g/mol. The highest BCUT2D eigenvalue weighted by molar-refractivity contribution is 7.09. The van der Waals surface area contributed by atoms with Crippen LogP contribution in [-0.2, 0) is 17.8 Å². The van der Waals surface area contributed by atoms with E-state index < -0.39 is 5.97 Å². The second kappa shape index (κ2) is 5.38. The molecule has 2 N–H and O–H groups in total. The van der Waals surface area contributed by atoms with Crippen LogP contribution >= 0.6 is 11.3 Å². The summed E-state index contributed by atoms with van der Waals surface area (Å²) >= 11 is 1.55. The van der Waals surface area contributed by atoms with Crippen molar-refractivity contribution in [1.29, 1.82) is 0 Å². The standard InChI is InChI=1S/C10H15N3O2S/c14-10(15)5-8-9(16-7-12-8)6-13-3-1-11-2-4-13/h7,11H,1-6H2,(H,14,15). The highest BCUT2D eigenvalue weighted by Gasteiger charge is 2.15. The minimum Gasteiger partial charge on any atom is -0.481 e. The number of hydrogen-bond donors (Lipinski definition) is 2. The van der Waals surface area contributed by atoms with Crippen molar-refractivity contribution in [2.75, 3.05) is 26.2 Å². The number of aliphatic carboxylic acids is 1. The van der Waals surface area contributed by atoms with Crippen molar-refractivity contribution >= 4 is 17.3 Å². The summed E-state index contributed by atoms with van der Waals surface area (Å²) in [5.74, 6) is -0.813. The molecule has 1 aromatic heterocycles. The van der Waals surface area contributed by atoms with E-state index in [9.17, 15) is 4.79 Å². The third kappa shape index (κ3) is 3.01. The molecule has 1 aromatic rings. The van der Waals surface area contributed by atoms with E-state index in [-0.39, 0.29) is 6.42 Å². The van der Waals surface area contributed by atoms with Gasteiger partial charge in [0, 0.05) is 37.6 Å². The minimum atomic E-state index is -0.813. The van der Waals surface area contributed by atoms with Gasteiger partial charge in [0.15, 0.2) is 0 Å². The van der Waals surface area contributed by atoms with Gasteiger partial charge in [-0.15, -0.1) is 11.3 Å². The summed E-state index contributed by atoms with van der Waals surface area (Å²) in [7, 11) is 0. The summed E-state index contributed by atoms with van der Waals surface area (Å²) in [5.41, 5.74) is 2.45. The number of carboxylic acid groups (broad SMARTS) is 1. The summed E-state index contributed by atoms with van der Waals surface area (Å²) in [5, 5.41) is 12.0. The largest absolute Gasteiger partial charge is 0.481 e. The van der Waals surface area contributed by atoms with Gasteiger partial charge in [-0.05, 0) is 0 Å². The molecule has 0 aromatic carbocycles. The van der Waals surface area contributed by atoms with Crippen LogP contribution in [-0.4, -0.2) is 47.1 Å². The van der Waals surface area contributed by atoms with E-state index in [0.717, 1.165) is 43.3 Å². The first kappa shape index (κ1) is 11.5. The van der Waals surface area contributed by atoms with Crippen LogP contribution in [0.3, 0.4) is 0 Å². The number of hydrogen-bond acceptors (Lipinski definition) is 5. The van der Waals surface area contributed by atoms with Gasteiger partial charge < -0.3 is 10.4 Å². The fraction of sp³-hybridized carbons (Fsp3) is 0.600. The number of carbonyl (C=O) groups is 1. The van der Waals surface area contributed by atoms with E-state index in [1.807, 2.05) is 0 Å². The van der Waals surface area contributed by atoms with Crippen molar-refractivity contribution in [2.45, 2.75) is 13.0 Å². The molecule has 88 valence electrons. The number of aromatic nitrogens is 1. The van der Waals surface area contributed by atoms with Crippen LogP contribution in [0.1, 0.15) is 10.6 Å². The molecule has 0 atom stereocenters. The van der Waals surface area contributed by atoms with E-state index in [0.29, 0.717) is 0 Å². The van der Waals surface area contributed by atoms with Crippen LogP contribution in [0.15, 0.2) is 5.51 Å². The van der Waals surface area contributed by atoms with Crippen LogP contribution in [0.4, 0.5) is 0 Å². The molecule has 0 aliphatic carbocycles. The van der Waals surface area contributed by atoms with Gasteiger partial charge in [-0.3, -0.25) is 9.69 Å². The summed E-state index contributed by atoms with van der Waals surface area (Å²) in [4.78, 5) is 18.2. The molecule has 0 radical (unpaired) electrons. The number of nitrogens with one attached hydrogen (secondary N) is 1. The summed E-state index contributed by atoms with van der Waals surface area (Å²) in [6, 6.07) is 0. The van der Waals surface area contributed by atoms with Crippen molar-refractivity contribution in [1.82, 2.24) is 15.2 Å². The normalized spacial score (nSPS) is 17.5. The van der Waals surface area contributed by atoms with Gasteiger partial charge >= 0.3 is 5.97 Å². The molecule has 2 rings (SSSR count). The van der Waals surface area contributed by atoms with Crippen LogP contribution in [0.5, 0.6) is 0 Å². The highest BCUT2D eigenvalue weighted by Crippen LogP contribution is 2.16. The smallest absolute Gasteiger partial charge is 0.309 e. The van der Waals surface area contributed by atoms with E-state index >= 15 is 0 Å². The van der Waals surface area contributed by atoms with Crippen LogP contribution in [0.25, 0.3) is 0 Å². The molecule has 2 heterocycles. The molecule has 5 nitrogen and oxygen atoms in total. The first-order chi connectivity index (χ1) is 7.75.